The Bertz CT molecular complexity index is 2430. The van der Waals surface area contributed by atoms with Crippen molar-refractivity contribution in [2.45, 2.75) is 19.3 Å². The van der Waals surface area contributed by atoms with Crippen molar-refractivity contribution in [2.24, 2.45) is 0 Å². The minimum Gasteiger partial charge on any atom is -0.309 e. The fraction of sp³-hybridized carbons (Fsp3) is 0.0667. The number of benzene rings is 7. The first-order chi connectivity index (χ1) is 22.6. The largest absolute Gasteiger partial charge is 0.309 e. The van der Waals surface area contributed by atoms with Gasteiger partial charge in [0.2, 0.25) is 0 Å². The zero-order valence-corrected chi connectivity index (χ0v) is 26.0. The molecule has 0 atom stereocenters. The van der Waals surface area contributed by atoms with Gasteiger partial charge < -0.3 is 4.57 Å². The van der Waals surface area contributed by atoms with Crippen molar-refractivity contribution >= 4 is 21.8 Å². The van der Waals surface area contributed by atoms with Gasteiger partial charge in [0.15, 0.2) is 0 Å². The van der Waals surface area contributed by atoms with E-state index in [0.717, 1.165) is 0 Å². The quantitative estimate of drug-likeness (QED) is 0.193. The van der Waals surface area contributed by atoms with Gasteiger partial charge in [0.1, 0.15) is 0 Å². The van der Waals surface area contributed by atoms with E-state index in [4.69, 9.17) is 0 Å². The molecular weight excluding hydrogens is 555 g/mol. The van der Waals surface area contributed by atoms with Crippen molar-refractivity contribution in [1.29, 1.82) is 0 Å². The molecule has 0 unspecified atom stereocenters. The van der Waals surface area contributed by atoms with Gasteiger partial charge in [-0.15, -0.1) is 0 Å². The summed E-state index contributed by atoms with van der Waals surface area (Å²) in [5.74, 6) is 0. The third-order valence-corrected chi connectivity index (χ3v) is 10.0. The SMILES string of the molecule is CC1(C)c2ccccc2-c2ccc(-c3ccc(-c4ccccc4)cc3-c3cccc4c5ccccc5n(-c5ccccc5)c34)cc21. The van der Waals surface area contributed by atoms with Crippen molar-refractivity contribution in [2.75, 3.05) is 0 Å². The van der Waals surface area contributed by atoms with E-state index in [1.165, 1.54) is 83.1 Å². The second-order valence-corrected chi connectivity index (χ2v) is 12.9. The minimum absolute atomic E-state index is 0.0637. The smallest absolute Gasteiger partial charge is 0.0619 e. The van der Waals surface area contributed by atoms with Gasteiger partial charge in [-0.1, -0.05) is 147 Å². The lowest BCUT2D eigenvalue weighted by molar-refractivity contribution is 0.660. The number of aromatic nitrogens is 1. The molecular formula is C45H33N. The van der Waals surface area contributed by atoms with Gasteiger partial charge in [0, 0.05) is 27.4 Å². The maximum Gasteiger partial charge on any atom is 0.0619 e. The Labute approximate surface area is 270 Å². The van der Waals surface area contributed by atoms with E-state index in [1.54, 1.807) is 0 Å². The summed E-state index contributed by atoms with van der Waals surface area (Å²) < 4.78 is 2.45. The van der Waals surface area contributed by atoms with Crippen molar-refractivity contribution in [3.63, 3.8) is 0 Å². The average Bonchev–Trinajstić information content (AvgIpc) is 3.57. The Balaban J connectivity index is 1.35. The molecule has 218 valence electrons. The van der Waals surface area contributed by atoms with Crippen LogP contribution in [0.1, 0.15) is 25.0 Å². The summed E-state index contributed by atoms with van der Waals surface area (Å²) in [6.45, 7) is 4.72. The van der Waals surface area contributed by atoms with Gasteiger partial charge in [-0.05, 0) is 80.4 Å². The van der Waals surface area contributed by atoms with E-state index in [0.29, 0.717) is 0 Å². The molecule has 7 aromatic carbocycles. The minimum atomic E-state index is -0.0637. The number of hydrogen-bond donors (Lipinski definition) is 0. The lowest BCUT2D eigenvalue weighted by Gasteiger charge is -2.22. The average molecular weight is 588 g/mol. The Kier molecular flexibility index (Phi) is 5.92. The van der Waals surface area contributed by atoms with E-state index in [2.05, 4.69) is 182 Å². The van der Waals surface area contributed by atoms with Gasteiger partial charge >= 0.3 is 0 Å². The van der Waals surface area contributed by atoms with Crippen molar-refractivity contribution in [3.05, 3.63) is 175 Å². The van der Waals surface area contributed by atoms with Crippen LogP contribution in [-0.2, 0) is 5.41 Å². The first-order valence-electron chi connectivity index (χ1n) is 16.1. The van der Waals surface area contributed by atoms with Gasteiger partial charge in [-0.2, -0.15) is 0 Å². The molecule has 1 heterocycles. The van der Waals surface area contributed by atoms with Crippen molar-refractivity contribution in [3.8, 4) is 50.2 Å². The van der Waals surface area contributed by atoms with Crippen LogP contribution in [0.25, 0.3) is 72.0 Å². The van der Waals surface area contributed by atoms with E-state index in [1.807, 2.05) is 0 Å². The molecule has 0 radical (unpaired) electrons. The molecule has 1 nitrogen and oxygen atoms in total. The highest BCUT2D eigenvalue weighted by molar-refractivity contribution is 6.14. The number of hydrogen-bond acceptors (Lipinski definition) is 0. The van der Waals surface area contributed by atoms with Crippen LogP contribution in [0.4, 0.5) is 0 Å². The van der Waals surface area contributed by atoms with E-state index < -0.39 is 0 Å². The summed E-state index contributed by atoms with van der Waals surface area (Å²) in [7, 11) is 0. The van der Waals surface area contributed by atoms with Gasteiger partial charge in [-0.3, -0.25) is 0 Å². The predicted octanol–water partition coefficient (Wildman–Crippen LogP) is 12.1. The molecule has 1 heteroatoms. The van der Waals surface area contributed by atoms with Crippen LogP contribution < -0.4 is 0 Å². The lowest BCUT2D eigenvalue weighted by Crippen LogP contribution is -2.14. The summed E-state index contributed by atoms with van der Waals surface area (Å²) in [6, 6.07) is 60.1. The number of rotatable bonds is 4. The first kappa shape index (κ1) is 26.7. The molecule has 0 fully saturated rings. The summed E-state index contributed by atoms with van der Waals surface area (Å²) in [6.07, 6.45) is 0. The molecule has 0 N–H and O–H groups in total. The molecule has 0 spiro atoms. The normalized spacial score (nSPS) is 13.2. The highest BCUT2D eigenvalue weighted by Gasteiger charge is 2.35. The van der Waals surface area contributed by atoms with Crippen LogP contribution in [0.2, 0.25) is 0 Å². The zero-order chi connectivity index (χ0) is 30.8. The molecule has 0 saturated carbocycles. The van der Waals surface area contributed by atoms with Crippen LogP contribution in [0.5, 0.6) is 0 Å². The standard InChI is InChI=1S/C45H33N/c1-45(2)41-22-11-9-18-35(41)36-27-25-32(29-42(36)45)34-26-24-31(30-14-5-3-6-15-30)28-40(34)39-21-13-20-38-37-19-10-12-23-43(37)46(44(38)39)33-16-7-4-8-17-33/h3-29H,1-2H3. The van der Waals surface area contributed by atoms with Crippen molar-refractivity contribution in [1.82, 2.24) is 4.57 Å². The molecule has 46 heavy (non-hydrogen) atoms. The highest BCUT2D eigenvalue weighted by atomic mass is 15.0. The van der Waals surface area contributed by atoms with Crippen LogP contribution >= 0.6 is 0 Å². The Morgan fingerprint density at radius 1 is 0.391 bits per heavy atom. The zero-order valence-electron chi connectivity index (χ0n) is 26.0. The molecule has 1 aliphatic carbocycles. The van der Waals surface area contributed by atoms with Crippen LogP contribution in [0, 0.1) is 0 Å². The number of nitrogens with zero attached hydrogens (tertiary/aromatic N) is 1. The third kappa shape index (κ3) is 3.95. The Hall–Kier alpha value is -5.66. The molecule has 0 aliphatic heterocycles. The molecule has 1 aliphatic rings. The van der Waals surface area contributed by atoms with E-state index in [-0.39, 0.29) is 5.41 Å². The second kappa shape index (κ2) is 10.2. The summed E-state index contributed by atoms with van der Waals surface area (Å²) in [4.78, 5) is 0. The van der Waals surface area contributed by atoms with Crippen LogP contribution in [0.3, 0.4) is 0 Å². The second-order valence-electron chi connectivity index (χ2n) is 12.9. The monoisotopic (exact) mass is 587 g/mol. The fourth-order valence-electron chi connectivity index (χ4n) is 7.78. The highest BCUT2D eigenvalue weighted by Crippen LogP contribution is 2.50. The number of fused-ring (bicyclic) bond motifs is 6. The Morgan fingerprint density at radius 2 is 1.02 bits per heavy atom. The maximum absolute atomic E-state index is 2.45. The molecule has 9 rings (SSSR count). The molecule has 1 aromatic heterocycles. The maximum atomic E-state index is 2.45. The van der Waals surface area contributed by atoms with Crippen LogP contribution in [0.15, 0.2) is 164 Å². The molecule has 0 bridgehead atoms. The topological polar surface area (TPSA) is 4.93 Å². The molecule has 8 aromatic rings. The number of para-hydroxylation sites is 3. The lowest BCUT2D eigenvalue weighted by atomic mass is 9.81. The van der Waals surface area contributed by atoms with Gasteiger partial charge in [-0.25, -0.2) is 0 Å². The van der Waals surface area contributed by atoms with Crippen molar-refractivity contribution < 1.29 is 0 Å². The van der Waals surface area contributed by atoms with Gasteiger partial charge in [0.25, 0.3) is 0 Å². The Morgan fingerprint density at radius 3 is 1.87 bits per heavy atom. The van der Waals surface area contributed by atoms with Gasteiger partial charge in [0.05, 0.1) is 11.0 Å². The third-order valence-electron chi connectivity index (χ3n) is 10.0. The van der Waals surface area contributed by atoms with E-state index >= 15 is 0 Å². The van der Waals surface area contributed by atoms with Crippen LogP contribution in [-0.4, -0.2) is 4.57 Å². The first-order valence-corrected chi connectivity index (χ1v) is 16.1. The summed E-state index contributed by atoms with van der Waals surface area (Å²) in [5, 5.41) is 2.53. The summed E-state index contributed by atoms with van der Waals surface area (Å²) >= 11 is 0. The predicted molar refractivity (Wildman–Crippen MR) is 195 cm³/mol. The fourth-order valence-corrected chi connectivity index (χ4v) is 7.78. The molecule has 0 amide bonds. The van der Waals surface area contributed by atoms with E-state index in [9.17, 15) is 0 Å². The molecule has 0 saturated heterocycles. The summed E-state index contributed by atoms with van der Waals surface area (Å²) in [5.41, 5.74) is 16.4.